The summed E-state index contributed by atoms with van der Waals surface area (Å²) in [6.07, 6.45) is 3.84. The summed E-state index contributed by atoms with van der Waals surface area (Å²) in [4.78, 5) is 31.3. The van der Waals surface area contributed by atoms with Crippen molar-refractivity contribution in [1.29, 1.82) is 0 Å². The molecule has 0 saturated carbocycles. The maximum atomic E-state index is 13.1. The van der Waals surface area contributed by atoms with E-state index in [4.69, 9.17) is 4.98 Å². The van der Waals surface area contributed by atoms with Gasteiger partial charge in [-0.1, -0.05) is 6.07 Å². The number of carbonyl (C=O) groups excluding carboxylic acids is 1. The Morgan fingerprint density at radius 1 is 1.13 bits per heavy atom. The number of aryl methyl sites for hydroxylation is 1. The molecule has 3 aromatic heterocycles. The lowest BCUT2D eigenvalue weighted by Crippen LogP contribution is -2.31. The predicted molar refractivity (Wildman–Crippen MR) is 123 cm³/mol. The van der Waals surface area contributed by atoms with Gasteiger partial charge in [-0.15, -0.1) is 11.3 Å². The number of thiazole rings is 1. The van der Waals surface area contributed by atoms with E-state index in [9.17, 15) is 9.90 Å². The Kier molecular flexibility index (Phi) is 5.45. The lowest BCUT2D eigenvalue weighted by molar-refractivity contribution is 0.102. The van der Waals surface area contributed by atoms with E-state index >= 15 is 0 Å². The Hall–Kier alpha value is -2.78. The van der Waals surface area contributed by atoms with Crippen LogP contribution in [0.25, 0.3) is 10.3 Å². The molecule has 2 saturated heterocycles. The molecule has 8 nitrogen and oxygen atoms in total. The third kappa shape index (κ3) is 4.20. The van der Waals surface area contributed by atoms with Gasteiger partial charge in [-0.25, -0.2) is 15.0 Å². The highest BCUT2D eigenvalue weighted by Gasteiger charge is 2.23. The second-order valence-electron chi connectivity index (χ2n) is 8.19. The van der Waals surface area contributed by atoms with E-state index < -0.39 is 0 Å². The Balaban J connectivity index is 1.44. The first-order chi connectivity index (χ1) is 15.1. The number of aliphatic hydroxyl groups excluding tert-OH is 1. The number of fused-ring (bicyclic) bond motifs is 1. The minimum absolute atomic E-state index is 0.262. The van der Waals surface area contributed by atoms with Gasteiger partial charge in [-0.3, -0.25) is 4.79 Å². The van der Waals surface area contributed by atoms with E-state index in [0.717, 1.165) is 60.1 Å². The van der Waals surface area contributed by atoms with Crippen LogP contribution in [0.1, 0.15) is 41.2 Å². The number of nitrogens with zero attached hydrogens (tertiary/aromatic N) is 5. The molecule has 3 aromatic rings. The topological polar surface area (TPSA) is 94.5 Å². The summed E-state index contributed by atoms with van der Waals surface area (Å²) in [6.45, 7) is 5.10. The van der Waals surface area contributed by atoms with Gasteiger partial charge in [0.2, 0.25) is 0 Å². The Bertz CT molecular complexity index is 1110. The van der Waals surface area contributed by atoms with E-state index in [1.54, 1.807) is 17.4 Å². The van der Waals surface area contributed by atoms with Crippen LogP contribution in [0.2, 0.25) is 0 Å². The third-order valence-electron chi connectivity index (χ3n) is 5.83. The number of aliphatic hydroxyl groups is 1. The zero-order valence-electron chi connectivity index (χ0n) is 17.5. The number of nitrogens with one attached hydrogen (secondary N) is 1. The normalized spacial score (nSPS) is 19.2. The van der Waals surface area contributed by atoms with Crippen LogP contribution in [0.15, 0.2) is 24.3 Å². The molecule has 5 heterocycles. The summed E-state index contributed by atoms with van der Waals surface area (Å²) in [5, 5.41) is 13.8. The van der Waals surface area contributed by atoms with Crippen molar-refractivity contribution >= 4 is 44.9 Å². The molecule has 2 aliphatic rings. The molecule has 0 spiro atoms. The zero-order chi connectivity index (χ0) is 21.4. The molecule has 5 rings (SSSR count). The fraction of sp³-hybridized carbons (Fsp3) is 0.455. The smallest absolute Gasteiger partial charge is 0.274 e. The largest absolute Gasteiger partial charge is 0.391 e. The maximum absolute atomic E-state index is 13.1. The number of rotatable bonds is 4. The molecule has 2 aliphatic heterocycles. The molecule has 9 heteroatoms. The van der Waals surface area contributed by atoms with Gasteiger partial charge in [-0.2, -0.15) is 0 Å². The number of hydrogen-bond acceptors (Lipinski definition) is 8. The first-order valence-corrected chi connectivity index (χ1v) is 11.6. The summed E-state index contributed by atoms with van der Waals surface area (Å²) in [6, 6.07) is 7.41. The lowest BCUT2D eigenvalue weighted by atomic mass is 10.1. The highest BCUT2D eigenvalue weighted by Crippen LogP contribution is 2.32. The number of anilines is 3. The average molecular weight is 439 g/mol. The van der Waals surface area contributed by atoms with E-state index in [0.29, 0.717) is 23.7 Å². The summed E-state index contributed by atoms with van der Waals surface area (Å²) in [5.41, 5.74) is 1.78. The van der Waals surface area contributed by atoms with Crippen molar-refractivity contribution < 1.29 is 9.90 Å². The van der Waals surface area contributed by atoms with Crippen LogP contribution in [-0.4, -0.2) is 58.2 Å². The van der Waals surface area contributed by atoms with Crippen molar-refractivity contribution in [3.8, 4) is 0 Å². The summed E-state index contributed by atoms with van der Waals surface area (Å²) >= 11 is 1.57. The molecule has 0 bridgehead atoms. The molecule has 162 valence electrons. The van der Waals surface area contributed by atoms with Crippen LogP contribution in [0.5, 0.6) is 0 Å². The van der Waals surface area contributed by atoms with Crippen molar-refractivity contribution in [1.82, 2.24) is 15.0 Å². The number of β-amino-alcohol motifs (C(OH)–C–C–N with tert-alkyl or cyclic N) is 1. The number of amides is 1. The van der Waals surface area contributed by atoms with Crippen molar-refractivity contribution in [2.75, 3.05) is 41.3 Å². The third-order valence-corrected chi connectivity index (χ3v) is 6.73. The fourth-order valence-corrected chi connectivity index (χ4v) is 5.07. The molecule has 1 atom stereocenters. The maximum Gasteiger partial charge on any atom is 0.274 e. The van der Waals surface area contributed by atoms with Gasteiger partial charge in [-0.05, 0) is 50.8 Å². The minimum Gasteiger partial charge on any atom is -0.391 e. The zero-order valence-corrected chi connectivity index (χ0v) is 18.4. The molecule has 2 N–H and O–H groups in total. The molecule has 0 unspecified atom stereocenters. The number of hydrogen-bond donors (Lipinski definition) is 2. The fourth-order valence-electron chi connectivity index (χ4n) is 4.26. The highest BCUT2D eigenvalue weighted by atomic mass is 32.1. The number of aromatic nitrogens is 3. The van der Waals surface area contributed by atoms with Gasteiger partial charge >= 0.3 is 0 Å². The lowest BCUT2D eigenvalue weighted by Gasteiger charge is -2.29. The number of pyridine rings is 2. The molecule has 31 heavy (non-hydrogen) atoms. The van der Waals surface area contributed by atoms with Gasteiger partial charge in [0.15, 0.2) is 11.5 Å². The Morgan fingerprint density at radius 3 is 2.74 bits per heavy atom. The quantitative estimate of drug-likeness (QED) is 0.646. The number of piperidine rings is 1. The van der Waals surface area contributed by atoms with E-state index in [1.807, 2.05) is 30.0 Å². The first-order valence-electron chi connectivity index (χ1n) is 10.8. The Labute approximate surface area is 184 Å². The van der Waals surface area contributed by atoms with Crippen molar-refractivity contribution in [2.24, 2.45) is 0 Å². The van der Waals surface area contributed by atoms with E-state index in [1.165, 1.54) is 6.42 Å². The van der Waals surface area contributed by atoms with Gasteiger partial charge in [0.1, 0.15) is 11.5 Å². The molecule has 0 radical (unpaired) electrons. The molecular weight excluding hydrogens is 412 g/mol. The predicted octanol–water partition coefficient (Wildman–Crippen LogP) is 3.21. The van der Waals surface area contributed by atoms with Gasteiger partial charge in [0.05, 0.1) is 21.5 Å². The van der Waals surface area contributed by atoms with E-state index in [2.05, 4.69) is 20.2 Å². The van der Waals surface area contributed by atoms with Gasteiger partial charge < -0.3 is 20.2 Å². The van der Waals surface area contributed by atoms with Gasteiger partial charge in [0.25, 0.3) is 5.91 Å². The highest BCUT2D eigenvalue weighted by molar-refractivity contribution is 7.18. The monoisotopic (exact) mass is 438 g/mol. The molecule has 1 amide bonds. The van der Waals surface area contributed by atoms with Gasteiger partial charge in [0, 0.05) is 26.2 Å². The minimum atomic E-state index is -0.341. The van der Waals surface area contributed by atoms with Crippen LogP contribution >= 0.6 is 11.3 Å². The summed E-state index contributed by atoms with van der Waals surface area (Å²) in [7, 11) is 0. The average Bonchev–Trinajstić information content (AvgIpc) is 3.38. The van der Waals surface area contributed by atoms with Crippen LogP contribution in [-0.2, 0) is 0 Å². The molecule has 0 aromatic carbocycles. The summed E-state index contributed by atoms with van der Waals surface area (Å²) < 4.78 is 0.960. The van der Waals surface area contributed by atoms with Crippen molar-refractivity contribution in [3.05, 3.63) is 35.0 Å². The molecule has 2 fully saturated rings. The van der Waals surface area contributed by atoms with Crippen LogP contribution in [0.4, 0.5) is 17.3 Å². The second-order valence-corrected chi connectivity index (χ2v) is 9.42. The van der Waals surface area contributed by atoms with E-state index in [-0.39, 0.29) is 12.0 Å². The SMILES string of the molecule is Cc1nc2nc(N3CCCCC3)c(NC(=O)c3cccc(N4CC[C@H](O)C4)n3)cc2s1. The van der Waals surface area contributed by atoms with Crippen LogP contribution < -0.4 is 15.1 Å². The molecular formula is C22H26N6O2S. The van der Waals surface area contributed by atoms with Crippen LogP contribution in [0.3, 0.4) is 0 Å². The molecule has 0 aliphatic carbocycles. The number of carbonyl (C=O) groups is 1. The Morgan fingerprint density at radius 2 is 1.97 bits per heavy atom. The first kappa shape index (κ1) is 20.1. The van der Waals surface area contributed by atoms with Crippen LogP contribution in [0, 0.1) is 6.92 Å². The van der Waals surface area contributed by atoms with Crippen molar-refractivity contribution in [3.63, 3.8) is 0 Å². The standard InChI is InChI=1S/C22H26N6O2S/c1-14-23-20-18(31-14)12-17(21(26-20)27-9-3-2-4-10-27)25-22(30)16-6-5-7-19(24-16)28-11-8-15(29)13-28/h5-7,12,15,29H,2-4,8-11,13H2,1H3,(H,25,30)/t15-/m0/s1. The van der Waals surface area contributed by atoms with Crippen molar-refractivity contribution in [2.45, 2.75) is 38.7 Å². The second kappa shape index (κ2) is 8.39. The summed E-state index contributed by atoms with van der Waals surface area (Å²) in [5.74, 6) is 1.24.